The third-order valence-electron chi connectivity index (χ3n) is 8.37. The number of rotatable bonds is 2. The molecule has 0 radical (unpaired) electrons. The van der Waals surface area contributed by atoms with Crippen molar-refractivity contribution in [1.82, 2.24) is 9.80 Å². The normalized spacial score (nSPS) is 33.2. The van der Waals surface area contributed by atoms with Gasteiger partial charge in [-0.25, -0.2) is 4.39 Å². The Labute approximate surface area is 215 Å². The number of amides is 2. The standard InChI is InChI=1S/C25H27FN4O8/c1-29(2)18-11-5-8-4-9-14(20(33)17-10(16(9)26)6-30(3)7-12(31)28-17)19(32)13(8)22(35)25(11,38)23(36)15(21(18)34)24(27)37/h8,11,13,15,18,33,38H,4-7H2,1-3H3,(H2,27,37)(H,28,31)/t8-,11-,13?,15?,18-,25-/m0/s1. The van der Waals surface area contributed by atoms with E-state index in [0.29, 0.717) is 0 Å². The van der Waals surface area contributed by atoms with Crippen molar-refractivity contribution in [2.75, 3.05) is 33.0 Å². The molecule has 13 heteroatoms. The smallest absolute Gasteiger partial charge is 0.238 e. The van der Waals surface area contributed by atoms with Crippen LogP contribution in [-0.2, 0) is 36.9 Å². The third-order valence-corrected chi connectivity index (χ3v) is 8.37. The van der Waals surface area contributed by atoms with Gasteiger partial charge < -0.3 is 21.3 Å². The minimum Gasteiger partial charge on any atom is -0.505 e. The Hall–Kier alpha value is -3.55. The van der Waals surface area contributed by atoms with E-state index in [2.05, 4.69) is 5.32 Å². The van der Waals surface area contributed by atoms with Gasteiger partial charge in [0.15, 0.2) is 40.4 Å². The Morgan fingerprint density at radius 1 is 1.13 bits per heavy atom. The van der Waals surface area contributed by atoms with Crippen LogP contribution in [0.15, 0.2) is 0 Å². The first-order valence-electron chi connectivity index (χ1n) is 12.1. The number of aliphatic hydroxyl groups is 1. The number of nitrogens with one attached hydrogen (secondary N) is 1. The van der Waals surface area contributed by atoms with E-state index in [1.807, 2.05) is 0 Å². The van der Waals surface area contributed by atoms with Gasteiger partial charge in [-0.1, -0.05) is 0 Å². The summed E-state index contributed by atoms with van der Waals surface area (Å²) in [6.07, 6.45) is -0.381. The first-order valence-corrected chi connectivity index (χ1v) is 12.1. The molecule has 38 heavy (non-hydrogen) atoms. The maximum atomic E-state index is 15.9. The largest absolute Gasteiger partial charge is 0.505 e. The van der Waals surface area contributed by atoms with E-state index >= 15 is 4.39 Å². The van der Waals surface area contributed by atoms with Gasteiger partial charge in [-0.3, -0.25) is 38.6 Å². The summed E-state index contributed by atoms with van der Waals surface area (Å²) in [4.78, 5) is 81.0. The van der Waals surface area contributed by atoms with Crippen molar-refractivity contribution in [1.29, 1.82) is 0 Å². The highest BCUT2D eigenvalue weighted by atomic mass is 19.1. The molecule has 2 saturated carbocycles. The zero-order valence-corrected chi connectivity index (χ0v) is 20.9. The number of carbonyl (C=O) groups is 6. The molecular formula is C25H27FN4O8. The fourth-order valence-electron chi connectivity index (χ4n) is 6.78. The summed E-state index contributed by atoms with van der Waals surface area (Å²) in [7, 11) is 4.54. The molecule has 12 nitrogen and oxygen atoms in total. The number of likely N-dealkylation sites (N-methyl/N-ethyl adjacent to an activating group) is 2. The van der Waals surface area contributed by atoms with Crippen LogP contribution >= 0.6 is 0 Å². The number of aromatic hydroxyl groups is 1. The van der Waals surface area contributed by atoms with Crippen molar-refractivity contribution in [3.8, 4) is 5.75 Å². The molecule has 0 spiro atoms. The first-order chi connectivity index (χ1) is 17.7. The average Bonchev–Trinajstić information content (AvgIpc) is 2.96. The van der Waals surface area contributed by atoms with Gasteiger partial charge >= 0.3 is 0 Å². The second kappa shape index (κ2) is 8.48. The molecule has 5 N–H and O–H groups in total. The summed E-state index contributed by atoms with van der Waals surface area (Å²) in [6, 6.07) is -1.24. The quantitative estimate of drug-likeness (QED) is 0.256. The molecule has 0 aromatic heterocycles. The van der Waals surface area contributed by atoms with Gasteiger partial charge in [0, 0.05) is 23.6 Å². The number of ketones is 4. The molecule has 0 saturated heterocycles. The van der Waals surface area contributed by atoms with E-state index in [1.54, 1.807) is 7.05 Å². The fraction of sp³-hybridized carbons (Fsp3) is 0.520. The second-order valence-corrected chi connectivity index (χ2v) is 10.9. The van der Waals surface area contributed by atoms with Crippen LogP contribution in [0.3, 0.4) is 0 Å². The Morgan fingerprint density at radius 3 is 2.39 bits per heavy atom. The number of nitrogens with zero attached hydrogens (tertiary/aromatic N) is 2. The highest BCUT2D eigenvalue weighted by molar-refractivity contribution is 6.32. The highest BCUT2D eigenvalue weighted by Crippen LogP contribution is 2.52. The van der Waals surface area contributed by atoms with E-state index < -0.39 is 87.4 Å². The topological polar surface area (TPSA) is 187 Å². The molecule has 1 aliphatic heterocycles. The number of carbonyl (C=O) groups excluding carboxylic acids is 6. The maximum absolute atomic E-state index is 15.9. The summed E-state index contributed by atoms with van der Waals surface area (Å²) >= 11 is 0. The number of benzene rings is 1. The SMILES string of the molecule is CN1CC(=O)Nc2c(O)c3c(c(F)c2C1)C[C@H]1C[C@H]2[C@H](N(C)C)C(=O)C(C(N)=O)C(=O)[C@@]2(O)C(=O)C1C3=O. The number of halogens is 1. The summed E-state index contributed by atoms with van der Waals surface area (Å²) in [5.41, 5.74) is 1.49. The molecule has 3 aliphatic carbocycles. The summed E-state index contributed by atoms with van der Waals surface area (Å²) in [6.45, 7) is -0.127. The molecular weight excluding hydrogens is 503 g/mol. The second-order valence-electron chi connectivity index (χ2n) is 10.9. The number of anilines is 1. The predicted molar refractivity (Wildman–Crippen MR) is 126 cm³/mol. The van der Waals surface area contributed by atoms with E-state index in [1.165, 1.54) is 23.9 Å². The van der Waals surface area contributed by atoms with Crippen LogP contribution < -0.4 is 11.1 Å². The monoisotopic (exact) mass is 530 g/mol. The minimum absolute atomic E-state index is 0.0158. The number of phenolic OH excluding ortho intramolecular Hbond substituents is 1. The Kier molecular flexibility index (Phi) is 5.82. The van der Waals surface area contributed by atoms with Crippen LogP contribution in [0.2, 0.25) is 0 Å². The third kappa shape index (κ3) is 3.31. The van der Waals surface area contributed by atoms with Gasteiger partial charge in [-0.05, 0) is 39.9 Å². The number of fused-ring (bicyclic) bond motifs is 4. The summed E-state index contributed by atoms with van der Waals surface area (Å²) < 4.78 is 15.9. The lowest BCUT2D eigenvalue weighted by molar-refractivity contribution is -0.181. The first kappa shape index (κ1) is 26.1. The van der Waals surface area contributed by atoms with Crippen LogP contribution in [0.1, 0.15) is 27.9 Å². The molecule has 1 heterocycles. The van der Waals surface area contributed by atoms with E-state index in [0.717, 1.165) is 0 Å². The Morgan fingerprint density at radius 2 is 1.79 bits per heavy atom. The van der Waals surface area contributed by atoms with Gasteiger partial charge in [-0.2, -0.15) is 0 Å². The van der Waals surface area contributed by atoms with Crippen LogP contribution in [0, 0.1) is 29.5 Å². The van der Waals surface area contributed by atoms with E-state index in [9.17, 15) is 39.0 Å². The molecule has 6 atom stereocenters. The van der Waals surface area contributed by atoms with Crippen molar-refractivity contribution in [2.24, 2.45) is 29.4 Å². The van der Waals surface area contributed by atoms with Crippen molar-refractivity contribution in [3.05, 3.63) is 22.5 Å². The van der Waals surface area contributed by atoms with Crippen LogP contribution in [0.5, 0.6) is 5.75 Å². The van der Waals surface area contributed by atoms with Crippen LogP contribution in [0.25, 0.3) is 0 Å². The molecule has 2 amide bonds. The fourth-order valence-corrected chi connectivity index (χ4v) is 6.78. The van der Waals surface area contributed by atoms with Gasteiger partial charge in [0.2, 0.25) is 11.8 Å². The predicted octanol–water partition coefficient (Wildman–Crippen LogP) is -1.61. The zero-order chi connectivity index (χ0) is 28.0. The molecule has 1 aromatic carbocycles. The number of primary amides is 1. The molecule has 5 rings (SSSR count). The number of hydrogen-bond donors (Lipinski definition) is 4. The number of phenols is 1. The number of hydrogen-bond acceptors (Lipinski definition) is 10. The van der Waals surface area contributed by atoms with Gasteiger partial charge in [0.25, 0.3) is 0 Å². The van der Waals surface area contributed by atoms with Crippen LogP contribution in [-0.4, -0.2) is 94.3 Å². The van der Waals surface area contributed by atoms with E-state index in [-0.39, 0.29) is 42.7 Å². The lowest BCUT2D eigenvalue weighted by Crippen LogP contribution is -2.74. The molecule has 0 bridgehead atoms. The Balaban J connectivity index is 1.67. The number of nitrogens with two attached hydrogens (primary N) is 1. The highest BCUT2D eigenvalue weighted by Gasteiger charge is 2.69. The summed E-state index contributed by atoms with van der Waals surface area (Å²) in [5, 5.41) is 25.0. The summed E-state index contributed by atoms with van der Waals surface area (Å²) in [5.74, 6) is -13.8. The van der Waals surface area contributed by atoms with Crippen molar-refractivity contribution < 1.29 is 43.4 Å². The van der Waals surface area contributed by atoms with Crippen molar-refractivity contribution >= 4 is 40.6 Å². The maximum Gasteiger partial charge on any atom is 0.238 e. The molecule has 202 valence electrons. The molecule has 2 fully saturated rings. The van der Waals surface area contributed by atoms with Gasteiger partial charge in [0.1, 0.15) is 5.82 Å². The lowest BCUT2D eigenvalue weighted by Gasteiger charge is -2.52. The molecule has 2 unspecified atom stereocenters. The number of Topliss-reactive ketones (excluding diaryl/α,β-unsaturated/α-hetero) is 4. The molecule has 4 aliphatic rings. The van der Waals surface area contributed by atoms with Crippen LogP contribution in [0.4, 0.5) is 10.1 Å². The average molecular weight is 531 g/mol. The minimum atomic E-state index is -2.87. The zero-order valence-electron chi connectivity index (χ0n) is 20.9. The Bertz CT molecular complexity index is 1360. The van der Waals surface area contributed by atoms with Crippen molar-refractivity contribution in [2.45, 2.75) is 31.0 Å². The van der Waals surface area contributed by atoms with Gasteiger partial charge in [-0.15, -0.1) is 0 Å². The lowest BCUT2D eigenvalue weighted by atomic mass is 9.52. The molecule has 1 aromatic rings. The van der Waals surface area contributed by atoms with Crippen molar-refractivity contribution in [3.63, 3.8) is 0 Å². The van der Waals surface area contributed by atoms with E-state index in [4.69, 9.17) is 5.73 Å². The van der Waals surface area contributed by atoms with Gasteiger partial charge in [0.05, 0.1) is 29.8 Å².